The van der Waals surface area contributed by atoms with Crippen LogP contribution in [0.4, 0.5) is 0 Å². The summed E-state index contributed by atoms with van der Waals surface area (Å²) < 4.78 is 34.2. The van der Waals surface area contributed by atoms with E-state index in [0.717, 1.165) is 96.3 Å². The highest BCUT2D eigenvalue weighted by molar-refractivity contribution is 7.47. The number of hydrogen-bond donors (Lipinski definition) is 6. The second-order valence-electron chi connectivity index (χ2n) is 16.6. The molecule has 13 heteroatoms. The molecule has 62 heavy (non-hydrogen) atoms. The zero-order valence-electron chi connectivity index (χ0n) is 38.4. The summed E-state index contributed by atoms with van der Waals surface area (Å²) in [6.07, 6.45) is 37.2. The van der Waals surface area contributed by atoms with Gasteiger partial charge in [0.2, 0.25) is 0 Å². The summed E-state index contributed by atoms with van der Waals surface area (Å²) in [5.41, 5.74) is 0. The standard InChI is InChI=1S/C49H87O12P/c1-3-5-7-9-11-13-15-17-18-19-20-21-22-23-24-25-27-29-31-33-35-37-39-58-40-42(41-59-62(56,57)61-49-47(54)45(52)44(51)46(53)48(49)55)60-43(50)38-36-34-32-30-28-26-16-14-12-10-8-6-4-2/h8,10,14-17,19-20,22-23,42,44-49,51-55H,3-7,9,11-13,18,21,24-41H2,1-2H3,(H,56,57)/b10-8-,16-14-,17-15-,20-19-,23-22-. The Morgan fingerprint density at radius 3 is 1.44 bits per heavy atom. The first-order valence-corrected chi connectivity index (χ1v) is 25.6. The maximum Gasteiger partial charge on any atom is 0.472 e. The Balaban J connectivity index is 2.37. The molecule has 0 amide bonds. The van der Waals surface area contributed by atoms with Crippen LogP contribution in [0.15, 0.2) is 60.8 Å². The van der Waals surface area contributed by atoms with Gasteiger partial charge in [-0.2, -0.15) is 0 Å². The molecule has 0 bridgehead atoms. The number of unbranched alkanes of at least 4 members (excludes halogenated alkanes) is 18. The van der Waals surface area contributed by atoms with Gasteiger partial charge in [0.15, 0.2) is 0 Å². The first kappa shape index (κ1) is 58.1. The second kappa shape index (κ2) is 39.4. The molecule has 6 N–H and O–H groups in total. The lowest BCUT2D eigenvalue weighted by Gasteiger charge is -2.41. The van der Waals surface area contributed by atoms with E-state index >= 15 is 0 Å². The fraction of sp³-hybridized carbons (Fsp3) is 0.776. The third kappa shape index (κ3) is 31.0. The Bertz CT molecular complexity index is 1250. The van der Waals surface area contributed by atoms with Gasteiger partial charge in [-0.3, -0.25) is 13.8 Å². The maximum absolute atomic E-state index is 12.8. The van der Waals surface area contributed by atoms with Crippen LogP contribution >= 0.6 is 7.82 Å². The fourth-order valence-corrected chi connectivity index (χ4v) is 7.96. The number of carbonyl (C=O) groups is 1. The van der Waals surface area contributed by atoms with Gasteiger partial charge in [-0.25, -0.2) is 4.57 Å². The molecule has 1 rings (SSSR count). The predicted molar refractivity (Wildman–Crippen MR) is 248 cm³/mol. The number of esters is 1. The summed E-state index contributed by atoms with van der Waals surface area (Å²) in [6.45, 7) is 4.14. The molecule has 6 atom stereocenters. The minimum Gasteiger partial charge on any atom is -0.457 e. The van der Waals surface area contributed by atoms with E-state index in [1.165, 1.54) is 57.8 Å². The largest absolute Gasteiger partial charge is 0.472 e. The van der Waals surface area contributed by atoms with E-state index in [4.69, 9.17) is 18.5 Å². The highest BCUT2D eigenvalue weighted by Crippen LogP contribution is 2.47. The van der Waals surface area contributed by atoms with Crippen molar-refractivity contribution < 1.29 is 58.3 Å². The SMILES string of the molecule is CCC/C=C\C/C=C\CCCCCCCC(=O)OC(COCCCCCCCCC/C=C\C/C=C\C/C=C\CCCCCCC)COP(=O)(O)OC1C(O)C(O)C(O)C(O)C1O. The molecule has 0 radical (unpaired) electrons. The smallest absolute Gasteiger partial charge is 0.457 e. The molecule has 12 nitrogen and oxygen atoms in total. The molecule has 360 valence electrons. The number of rotatable bonds is 40. The van der Waals surface area contributed by atoms with E-state index in [0.29, 0.717) is 13.0 Å². The number of phosphoric acid groups is 1. The normalized spacial score (nSPS) is 22.5. The van der Waals surface area contributed by atoms with Gasteiger partial charge in [0, 0.05) is 13.0 Å². The molecule has 1 fully saturated rings. The summed E-state index contributed by atoms with van der Waals surface area (Å²) in [6, 6.07) is 0. The topological polar surface area (TPSA) is 192 Å². The van der Waals surface area contributed by atoms with Crippen LogP contribution in [0.2, 0.25) is 0 Å². The zero-order chi connectivity index (χ0) is 45.5. The molecule has 0 aliphatic heterocycles. The molecule has 0 aromatic heterocycles. The Morgan fingerprint density at radius 1 is 0.516 bits per heavy atom. The van der Waals surface area contributed by atoms with Crippen molar-refractivity contribution in [3.8, 4) is 0 Å². The second-order valence-corrected chi connectivity index (χ2v) is 18.0. The van der Waals surface area contributed by atoms with Crippen molar-refractivity contribution in [2.45, 2.75) is 224 Å². The molecular formula is C49H87O12P. The Labute approximate surface area is 375 Å². The van der Waals surface area contributed by atoms with Crippen LogP contribution in [0, 0.1) is 0 Å². The van der Waals surface area contributed by atoms with Crippen LogP contribution in [-0.4, -0.2) is 98.9 Å². The summed E-state index contributed by atoms with van der Waals surface area (Å²) in [5.74, 6) is -0.498. The first-order valence-electron chi connectivity index (χ1n) is 24.1. The average Bonchev–Trinajstić information content (AvgIpc) is 3.26. The van der Waals surface area contributed by atoms with E-state index < -0.39 is 63.1 Å². The van der Waals surface area contributed by atoms with E-state index in [1.54, 1.807) is 0 Å². The molecule has 1 aliphatic carbocycles. The van der Waals surface area contributed by atoms with E-state index in [-0.39, 0.29) is 13.0 Å². The third-order valence-electron chi connectivity index (χ3n) is 10.8. The van der Waals surface area contributed by atoms with E-state index in [1.807, 2.05) is 0 Å². The Hall–Kier alpha value is -1.96. The highest BCUT2D eigenvalue weighted by atomic mass is 31.2. The van der Waals surface area contributed by atoms with Crippen LogP contribution in [-0.2, 0) is 27.9 Å². The van der Waals surface area contributed by atoms with E-state index in [9.17, 15) is 39.8 Å². The van der Waals surface area contributed by atoms with Gasteiger partial charge >= 0.3 is 13.8 Å². The van der Waals surface area contributed by atoms with Crippen molar-refractivity contribution in [3.05, 3.63) is 60.8 Å². The van der Waals surface area contributed by atoms with E-state index in [2.05, 4.69) is 74.6 Å². The van der Waals surface area contributed by atoms with Crippen molar-refractivity contribution in [2.75, 3.05) is 19.8 Å². The summed E-state index contributed by atoms with van der Waals surface area (Å²) >= 11 is 0. The van der Waals surface area contributed by atoms with Gasteiger partial charge in [0.25, 0.3) is 0 Å². The molecule has 0 aromatic rings. The molecule has 0 spiro atoms. The summed E-state index contributed by atoms with van der Waals surface area (Å²) in [5, 5.41) is 50.2. The zero-order valence-corrected chi connectivity index (χ0v) is 39.3. The Kier molecular flexibility index (Phi) is 36.9. The molecule has 6 unspecified atom stereocenters. The molecule has 0 heterocycles. The lowest BCUT2D eigenvalue weighted by molar-refractivity contribution is -0.220. The number of aliphatic hydroxyl groups is 5. The van der Waals surface area contributed by atoms with Gasteiger partial charge in [-0.1, -0.05) is 158 Å². The number of phosphoric ester groups is 1. The van der Waals surface area contributed by atoms with Gasteiger partial charge in [0.1, 0.15) is 42.7 Å². The molecular weight excluding hydrogens is 812 g/mol. The monoisotopic (exact) mass is 899 g/mol. The third-order valence-corrected chi connectivity index (χ3v) is 11.8. The van der Waals surface area contributed by atoms with Crippen LogP contribution in [0.5, 0.6) is 0 Å². The quantitative estimate of drug-likeness (QED) is 0.0148. The van der Waals surface area contributed by atoms with Crippen LogP contribution in [0.1, 0.15) is 181 Å². The molecule has 0 aromatic carbocycles. The van der Waals surface area contributed by atoms with Crippen molar-refractivity contribution in [1.29, 1.82) is 0 Å². The Morgan fingerprint density at radius 2 is 0.935 bits per heavy atom. The lowest BCUT2D eigenvalue weighted by Crippen LogP contribution is -2.64. The van der Waals surface area contributed by atoms with Crippen LogP contribution in [0.25, 0.3) is 0 Å². The number of carbonyl (C=O) groups excluding carboxylic acids is 1. The summed E-state index contributed by atoms with van der Waals surface area (Å²) in [4.78, 5) is 23.1. The van der Waals surface area contributed by atoms with Crippen LogP contribution in [0.3, 0.4) is 0 Å². The number of ether oxygens (including phenoxy) is 2. The number of hydrogen-bond acceptors (Lipinski definition) is 11. The minimum absolute atomic E-state index is 0.0917. The van der Waals surface area contributed by atoms with Crippen molar-refractivity contribution >= 4 is 13.8 Å². The highest BCUT2D eigenvalue weighted by Gasteiger charge is 2.51. The molecule has 0 saturated heterocycles. The van der Waals surface area contributed by atoms with Crippen molar-refractivity contribution in [2.24, 2.45) is 0 Å². The van der Waals surface area contributed by atoms with Crippen LogP contribution < -0.4 is 0 Å². The van der Waals surface area contributed by atoms with Crippen molar-refractivity contribution in [3.63, 3.8) is 0 Å². The van der Waals surface area contributed by atoms with Gasteiger partial charge in [-0.05, 0) is 77.0 Å². The predicted octanol–water partition coefficient (Wildman–Crippen LogP) is 10.2. The molecule has 1 saturated carbocycles. The number of aliphatic hydroxyl groups excluding tert-OH is 5. The van der Waals surface area contributed by atoms with Gasteiger partial charge in [-0.15, -0.1) is 0 Å². The fourth-order valence-electron chi connectivity index (χ4n) is 6.99. The van der Waals surface area contributed by atoms with Gasteiger partial charge < -0.3 is 39.9 Å². The van der Waals surface area contributed by atoms with Crippen molar-refractivity contribution in [1.82, 2.24) is 0 Å². The number of allylic oxidation sites excluding steroid dienone is 10. The first-order chi connectivity index (χ1) is 30.0. The minimum atomic E-state index is -5.03. The van der Waals surface area contributed by atoms with Gasteiger partial charge in [0.05, 0.1) is 13.2 Å². The maximum atomic E-state index is 12.8. The lowest BCUT2D eigenvalue weighted by atomic mass is 9.85. The summed E-state index contributed by atoms with van der Waals surface area (Å²) in [7, 11) is -5.03. The molecule has 1 aliphatic rings. The average molecular weight is 899 g/mol.